The van der Waals surface area contributed by atoms with Gasteiger partial charge in [-0.15, -0.1) is 0 Å². The molecule has 0 heterocycles. The number of nitrogens with two attached hydrogens (primary N) is 1. The molecule has 13 heteroatoms. The summed E-state index contributed by atoms with van der Waals surface area (Å²) in [5, 5.41) is 34.4. The lowest BCUT2D eigenvalue weighted by atomic mass is 10.1. The van der Waals surface area contributed by atoms with Crippen molar-refractivity contribution in [1.29, 1.82) is 0 Å². The summed E-state index contributed by atoms with van der Waals surface area (Å²) in [4.78, 5) is 59.4. The molecule has 0 aliphatic rings. The van der Waals surface area contributed by atoms with Gasteiger partial charge in [0.2, 0.25) is 17.7 Å². The predicted molar refractivity (Wildman–Crippen MR) is 115 cm³/mol. The van der Waals surface area contributed by atoms with E-state index in [1.54, 1.807) is 30.3 Å². The van der Waals surface area contributed by atoms with E-state index in [1.165, 1.54) is 0 Å². The second kappa shape index (κ2) is 13.3. The number of carboxylic acids is 2. The van der Waals surface area contributed by atoms with Crippen LogP contribution in [0.1, 0.15) is 12.0 Å². The van der Waals surface area contributed by atoms with Gasteiger partial charge >= 0.3 is 11.9 Å². The van der Waals surface area contributed by atoms with Crippen molar-refractivity contribution in [1.82, 2.24) is 16.0 Å². The molecule has 3 amide bonds. The molecule has 8 N–H and O–H groups in total. The van der Waals surface area contributed by atoms with E-state index in [-0.39, 0.29) is 12.2 Å². The molecule has 1 aromatic rings. The minimum atomic E-state index is -1.59. The second-order valence-corrected chi connectivity index (χ2v) is 7.15. The van der Waals surface area contributed by atoms with Crippen LogP contribution in [0.4, 0.5) is 0 Å². The van der Waals surface area contributed by atoms with E-state index in [0.717, 1.165) is 0 Å². The number of rotatable bonds is 13. The van der Waals surface area contributed by atoms with Crippen LogP contribution in [0.25, 0.3) is 0 Å². The van der Waals surface area contributed by atoms with Gasteiger partial charge in [-0.25, -0.2) is 4.79 Å². The Morgan fingerprint density at radius 1 is 0.875 bits per heavy atom. The number of amides is 3. The fraction of sp³-hybridized carbons (Fsp3) is 0.421. The van der Waals surface area contributed by atoms with Gasteiger partial charge in [0.15, 0.2) is 0 Å². The molecule has 0 saturated carbocycles. The number of hydrogen-bond donors (Lipinski definition) is 8. The summed E-state index contributed by atoms with van der Waals surface area (Å²) in [6, 6.07) is 2.84. The first-order chi connectivity index (χ1) is 15.1. The van der Waals surface area contributed by atoms with E-state index >= 15 is 0 Å². The van der Waals surface area contributed by atoms with Crippen LogP contribution >= 0.6 is 12.6 Å². The Labute approximate surface area is 189 Å². The molecule has 0 aromatic heterocycles. The lowest BCUT2D eigenvalue weighted by Crippen LogP contribution is -2.58. The molecular formula is C19H26N4O8S. The van der Waals surface area contributed by atoms with Gasteiger partial charge in [0.25, 0.3) is 0 Å². The molecule has 0 bridgehead atoms. The van der Waals surface area contributed by atoms with E-state index in [2.05, 4.69) is 28.6 Å². The third-order valence-corrected chi connectivity index (χ3v) is 4.65. The normalized spacial score (nSPS) is 14.3. The van der Waals surface area contributed by atoms with Crippen LogP contribution in [-0.2, 0) is 30.4 Å². The van der Waals surface area contributed by atoms with Gasteiger partial charge in [-0.05, 0) is 5.56 Å². The molecule has 0 aliphatic heterocycles. The Morgan fingerprint density at radius 3 is 1.91 bits per heavy atom. The van der Waals surface area contributed by atoms with E-state index in [9.17, 15) is 34.2 Å². The lowest BCUT2D eigenvalue weighted by Gasteiger charge is -2.23. The van der Waals surface area contributed by atoms with Gasteiger partial charge in [0.05, 0.1) is 19.1 Å². The van der Waals surface area contributed by atoms with Crippen molar-refractivity contribution in [2.45, 2.75) is 37.0 Å². The third-order valence-electron chi connectivity index (χ3n) is 4.26. The Kier molecular flexibility index (Phi) is 11.2. The zero-order chi connectivity index (χ0) is 24.3. The molecule has 32 heavy (non-hydrogen) atoms. The standard InChI is InChI=1S/C19H26N4O8S/c20-11(9-32)16(27)21-12(7-15(25)26)17(28)23-14(8-24)18(29)22-13(19(30)31)6-10-4-2-1-3-5-10/h1-5,11-14,24,32H,6-9,20H2,(H,21,27)(H,22,29)(H,23,28)(H,25,26)(H,30,31). The number of benzene rings is 1. The second-order valence-electron chi connectivity index (χ2n) is 6.78. The molecule has 1 aromatic carbocycles. The predicted octanol–water partition coefficient (Wildman–Crippen LogP) is -2.51. The molecule has 0 aliphatic carbocycles. The van der Waals surface area contributed by atoms with E-state index in [4.69, 9.17) is 10.8 Å². The summed E-state index contributed by atoms with van der Waals surface area (Å²) in [5.74, 6) is -5.72. The van der Waals surface area contributed by atoms with Gasteiger partial charge in [-0.1, -0.05) is 30.3 Å². The Balaban J connectivity index is 2.86. The number of carbonyl (C=O) groups excluding carboxylic acids is 3. The maximum atomic E-state index is 12.5. The Morgan fingerprint density at radius 2 is 1.41 bits per heavy atom. The van der Waals surface area contributed by atoms with Crippen molar-refractivity contribution in [2.24, 2.45) is 5.73 Å². The molecule has 0 saturated heterocycles. The number of aliphatic hydroxyl groups is 1. The number of aliphatic carboxylic acids is 2. The minimum absolute atomic E-state index is 0.0483. The van der Waals surface area contributed by atoms with Crippen LogP contribution in [0.3, 0.4) is 0 Å². The van der Waals surface area contributed by atoms with E-state index in [1.807, 2.05) is 0 Å². The first kappa shape index (κ1) is 26.9. The highest BCUT2D eigenvalue weighted by Crippen LogP contribution is 2.04. The van der Waals surface area contributed by atoms with E-state index in [0.29, 0.717) is 5.56 Å². The van der Waals surface area contributed by atoms with Gasteiger partial charge in [0, 0.05) is 12.2 Å². The average Bonchev–Trinajstić information content (AvgIpc) is 2.75. The summed E-state index contributed by atoms with van der Waals surface area (Å²) < 4.78 is 0. The summed E-state index contributed by atoms with van der Waals surface area (Å²) >= 11 is 3.84. The van der Waals surface area contributed by atoms with Gasteiger partial charge in [-0.3, -0.25) is 19.2 Å². The van der Waals surface area contributed by atoms with Crippen LogP contribution in [-0.4, -0.2) is 81.5 Å². The minimum Gasteiger partial charge on any atom is -0.481 e. The van der Waals surface area contributed by atoms with Crippen LogP contribution in [0.2, 0.25) is 0 Å². The molecule has 4 atom stereocenters. The van der Waals surface area contributed by atoms with Crippen molar-refractivity contribution < 1.29 is 39.3 Å². The molecule has 0 radical (unpaired) electrons. The zero-order valence-electron chi connectivity index (χ0n) is 16.9. The molecule has 1 rings (SSSR count). The quantitative estimate of drug-likeness (QED) is 0.143. The number of aliphatic hydroxyl groups excluding tert-OH is 1. The van der Waals surface area contributed by atoms with Crippen LogP contribution in [0.5, 0.6) is 0 Å². The zero-order valence-corrected chi connectivity index (χ0v) is 17.8. The van der Waals surface area contributed by atoms with E-state index < -0.39 is 66.9 Å². The molecule has 0 fully saturated rings. The first-order valence-corrected chi connectivity index (χ1v) is 10.1. The number of nitrogens with one attached hydrogen (secondary N) is 3. The maximum absolute atomic E-state index is 12.5. The fourth-order valence-electron chi connectivity index (χ4n) is 2.53. The average molecular weight is 471 g/mol. The summed E-state index contributed by atoms with van der Waals surface area (Å²) in [6.45, 7) is -0.904. The molecule has 176 valence electrons. The van der Waals surface area contributed by atoms with Crippen LogP contribution in [0, 0.1) is 0 Å². The first-order valence-electron chi connectivity index (χ1n) is 9.46. The molecule has 4 unspecified atom stereocenters. The summed E-state index contributed by atoms with van der Waals surface area (Å²) in [6.07, 6.45) is -0.865. The highest BCUT2D eigenvalue weighted by atomic mass is 32.1. The third kappa shape index (κ3) is 8.91. The number of thiol groups is 1. The van der Waals surface area contributed by atoms with Gasteiger partial charge in [0.1, 0.15) is 18.1 Å². The lowest BCUT2D eigenvalue weighted by molar-refractivity contribution is -0.143. The number of carboxylic acid groups (broad SMARTS) is 2. The SMILES string of the molecule is NC(CS)C(=O)NC(CC(=O)O)C(=O)NC(CO)C(=O)NC(Cc1ccccc1)C(=O)O. The van der Waals surface area contributed by atoms with Crippen molar-refractivity contribution in [3.8, 4) is 0 Å². The fourth-order valence-corrected chi connectivity index (χ4v) is 2.70. The number of carbonyl (C=O) groups is 5. The molecule has 12 nitrogen and oxygen atoms in total. The van der Waals surface area contributed by atoms with Crippen molar-refractivity contribution in [2.75, 3.05) is 12.4 Å². The molecule has 0 spiro atoms. The smallest absolute Gasteiger partial charge is 0.326 e. The van der Waals surface area contributed by atoms with Gasteiger partial charge < -0.3 is 37.0 Å². The Bertz CT molecular complexity index is 823. The maximum Gasteiger partial charge on any atom is 0.326 e. The monoisotopic (exact) mass is 470 g/mol. The van der Waals surface area contributed by atoms with Crippen molar-refractivity contribution >= 4 is 42.3 Å². The number of hydrogen-bond acceptors (Lipinski definition) is 8. The highest BCUT2D eigenvalue weighted by Gasteiger charge is 2.31. The van der Waals surface area contributed by atoms with Crippen molar-refractivity contribution in [3.05, 3.63) is 35.9 Å². The van der Waals surface area contributed by atoms with Crippen LogP contribution in [0.15, 0.2) is 30.3 Å². The molecular weight excluding hydrogens is 444 g/mol. The summed E-state index contributed by atoms with van der Waals surface area (Å²) in [7, 11) is 0. The largest absolute Gasteiger partial charge is 0.481 e. The van der Waals surface area contributed by atoms with Gasteiger partial charge in [-0.2, -0.15) is 12.6 Å². The van der Waals surface area contributed by atoms with Crippen molar-refractivity contribution in [3.63, 3.8) is 0 Å². The van der Waals surface area contributed by atoms with Crippen LogP contribution < -0.4 is 21.7 Å². The Hall–Kier alpha value is -3.16. The summed E-state index contributed by atoms with van der Waals surface area (Å²) in [5.41, 5.74) is 6.12. The topological polar surface area (TPSA) is 208 Å². The highest BCUT2D eigenvalue weighted by molar-refractivity contribution is 7.80.